The molecule has 0 fully saturated rings. The van der Waals surface area contributed by atoms with Gasteiger partial charge in [0.15, 0.2) is 0 Å². The van der Waals surface area contributed by atoms with E-state index in [9.17, 15) is 18.0 Å². The first-order valence-electron chi connectivity index (χ1n) is 6.17. The Morgan fingerprint density at radius 1 is 1.29 bits per heavy atom. The number of halogens is 4. The summed E-state index contributed by atoms with van der Waals surface area (Å²) in [5.74, 6) is -0.641. The largest absolute Gasteiger partial charge is 0.406 e. The van der Waals surface area contributed by atoms with Gasteiger partial charge in [-0.3, -0.25) is 9.78 Å². The molecule has 0 aliphatic rings. The van der Waals surface area contributed by atoms with E-state index in [2.05, 4.69) is 20.9 Å². The number of aromatic nitrogens is 1. The molecule has 3 nitrogen and oxygen atoms in total. The van der Waals surface area contributed by atoms with E-state index in [0.29, 0.717) is 10.9 Å². The van der Waals surface area contributed by atoms with E-state index < -0.39 is 18.6 Å². The number of pyridine rings is 1. The molecular formula is C14H12BrF3N2O. The molecule has 0 N–H and O–H groups in total. The summed E-state index contributed by atoms with van der Waals surface area (Å²) in [6.45, 7) is -1.27. The average molecular weight is 361 g/mol. The molecule has 0 radical (unpaired) electrons. The van der Waals surface area contributed by atoms with Crippen LogP contribution < -0.4 is 0 Å². The van der Waals surface area contributed by atoms with E-state index in [1.165, 1.54) is 6.07 Å². The Morgan fingerprint density at radius 3 is 2.71 bits per heavy atom. The van der Waals surface area contributed by atoms with E-state index in [0.717, 1.165) is 4.90 Å². The van der Waals surface area contributed by atoms with Crippen molar-refractivity contribution in [1.82, 2.24) is 9.88 Å². The molecule has 2 rings (SSSR count). The van der Waals surface area contributed by atoms with E-state index >= 15 is 0 Å². The van der Waals surface area contributed by atoms with Crippen LogP contribution in [0, 0.1) is 0 Å². The fourth-order valence-corrected chi connectivity index (χ4v) is 2.39. The number of hydrogen-bond acceptors (Lipinski definition) is 2. The van der Waals surface area contributed by atoms with Crippen molar-refractivity contribution in [3.8, 4) is 0 Å². The smallest absolute Gasteiger partial charge is 0.329 e. The van der Waals surface area contributed by atoms with Crippen LogP contribution in [0.5, 0.6) is 0 Å². The molecule has 0 saturated heterocycles. The maximum atomic E-state index is 12.5. The zero-order valence-corrected chi connectivity index (χ0v) is 12.5. The number of fused-ring (bicyclic) bond motifs is 1. The molecule has 1 amide bonds. The zero-order valence-electron chi connectivity index (χ0n) is 10.9. The summed E-state index contributed by atoms with van der Waals surface area (Å²) < 4.78 is 37.6. The van der Waals surface area contributed by atoms with Crippen LogP contribution in [0.4, 0.5) is 13.2 Å². The summed E-state index contributed by atoms with van der Waals surface area (Å²) in [4.78, 5) is 17.1. The number of amides is 1. The first kappa shape index (κ1) is 15.8. The Labute approximate surface area is 127 Å². The highest BCUT2D eigenvalue weighted by molar-refractivity contribution is 9.09. The van der Waals surface area contributed by atoms with Crippen LogP contribution in [0.25, 0.3) is 10.9 Å². The summed E-state index contributed by atoms with van der Waals surface area (Å²) >= 11 is 3.07. The maximum Gasteiger partial charge on any atom is 0.406 e. The maximum absolute atomic E-state index is 12.5. The number of hydrogen-bond donors (Lipinski definition) is 0. The minimum Gasteiger partial charge on any atom is -0.329 e. The van der Waals surface area contributed by atoms with Gasteiger partial charge in [0.1, 0.15) is 6.54 Å². The average Bonchev–Trinajstić information content (AvgIpc) is 2.44. The van der Waals surface area contributed by atoms with Crippen molar-refractivity contribution in [2.24, 2.45) is 0 Å². The van der Waals surface area contributed by atoms with Crippen LogP contribution >= 0.6 is 15.9 Å². The first-order chi connectivity index (χ1) is 9.90. The number of rotatable bonds is 4. The summed E-state index contributed by atoms with van der Waals surface area (Å²) in [7, 11) is 0. The van der Waals surface area contributed by atoms with Crippen LogP contribution in [-0.4, -0.2) is 40.4 Å². The molecule has 1 aromatic heterocycles. The normalized spacial score (nSPS) is 11.6. The molecule has 1 heterocycles. The minimum atomic E-state index is -4.42. The Morgan fingerprint density at radius 2 is 2.05 bits per heavy atom. The Kier molecular flexibility index (Phi) is 4.82. The number of carbonyl (C=O) groups is 1. The van der Waals surface area contributed by atoms with Crippen molar-refractivity contribution in [2.45, 2.75) is 6.18 Å². The number of carbonyl (C=O) groups excluding carboxylic acids is 1. The SMILES string of the molecule is O=C(c1ccc2ncccc2c1)N(CCBr)CC(F)(F)F. The van der Waals surface area contributed by atoms with E-state index in [1.807, 2.05) is 0 Å². The minimum absolute atomic E-state index is 0.0105. The van der Waals surface area contributed by atoms with E-state index in [4.69, 9.17) is 0 Å². The monoisotopic (exact) mass is 360 g/mol. The topological polar surface area (TPSA) is 33.2 Å². The quantitative estimate of drug-likeness (QED) is 0.780. The summed E-state index contributed by atoms with van der Waals surface area (Å²) in [6.07, 6.45) is -2.80. The molecule has 2 aromatic rings. The molecule has 0 unspecified atom stereocenters. The van der Waals surface area contributed by atoms with Gasteiger partial charge < -0.3 is 4.90 Å². The molecular weight excluding hydrogens is 349 g/mol. The zero-order chi connectivity index (χ0) is 15.5. The summed E-state index contributed by atoms with van der Waals surface area (Å²) in [5, 5.41) is 0.999. The number of alkyl halides is 4. The lowest BCUT2D eigenvalue weighted by atomic mass is 10.1. The highest BCUT2D eigenvalue weighted by atomic mass is 79.9. The van der Waals surface area contributed by atoms with Gasteiger partial charge in [-0.2, -0.15) is 13.2 Å². The predicted molar refractivity (Wildman–Crippen MR) is 77.5 cm³/mol. The highest BCUT2D eigenvalue weighted by Crippen LogP contribution is 2.20. The molecule has 1 aromatic carbocycles. The molecule has 0 aliphatic heterocycles. The van der Waals surface area contributed by atoms with Gasteiger partial charge >= 0.3 is 6.18 Å². The third kappa shape index (κ3) is 4.17. The van der Waals surface area contributed by atoms with Gasteiger partial charge in [-0.25, -0.2) is 0 Å². The van der Waals surface area contributed by atoms with Crippen molar-refractivity contribution in [2.75, 3.05) is 18.4 Å². The van der Waals surface area contributed by atoms with Gasteiger partial charge in [0, 0.05) is 29.0 Å². The second-order valence-electron chi connectivity index (χ2n) is 4.44. The van der Waals surface area contributed by atoms with Gasteiger partial charge in [-0.05, 0) is 24.3 Å². The Balaban J connectivity index is 2.29. The van der Waals surface area contributed by atoms with Crippen molar-refractivity contribution in [3.05, 3.63) is 42.1 Å². The van der Waals surface area contributed by atoms with Gasteiger partial charge in [0.2, 0.25) is 0 Å². The third-order valence-electron chi connectivity index (χ3n) is 2.86. The molecule has 7 heteroatoms. The lowest BCUT2D eigenvalue weighted by Crippen LogP contribution is -2.40. The fraction of sp³-hybridized carbons (Fsp3) is 0.286. The van der Waals surface area contributed by atoms with Crippen LogP contribution in [0.2, 0.25) is 0 Å². The molecule has 0 spiro atoms. The van der Waals surface area contributed by atoms with Crippen molar-refractivity contribution < 1.29 is 18.0 Å². The van der Waals surface area contributed by atoms with E-state index in [-0.39, 0.29) is 17.4 Å². The Bertz CT molecular complexity index is 645. The van der Waals surface area contributed by atoms with Crippen molar-refractivity contribution in [3.63, 3.8) is 0 Å². The number of nitrogens with zero attached hydrogens (tertiary/aromatic N) is 2. The number of benzene rings is 1. The third-order valence-corrected chi connectivity index (χ3v) is 3.22. The standard InChI is InChI=1S/C14H12BrF3N2O/c15-5-7-20(9-14(16,17)18)13(21)11-3-4-12-10(8-11)2-1-6-19-12/h1-4,6,8H,5,7,9H2. The van der Waals surface area contributed by atoms with Crippen LogP contribution in [0.3, 0.4) is 0 Å². The molecule has 112 valence electrons. The van der Waals surface area contributed by atoms with Gasteiger partial charge in [-0.15, -0.1) is 0 Å². The lowest BCUT2D eigenvalue weighted by Gasteiger charge is -2.23. The van der Waals surface area contributed by atoms with Crippen molar-refractivity contribution in [1.29, 1.82) is 0 Å². The van der Waals surface area contributed by atoms with Crippen molar-refractivity contribution >= 4 is 32.7 Å². The molecule has 0 bridgehead atoms. The van der Waals surface area contributed by atoms with Gasteiger partial charge in [-0.1, -0.05) is 22.0 Å². The highest BCUT2D eigenvalue weighted by Gasteiger charge is 2.33. The van der Waals surface area contributed by atoms with Gasteiger partial charge in [0.25, 0.3) is 5.91 Å². The Hall–Kier alpha value is -1.63. The fourth-order valence-electron chi connectivity index (χ4n) is 1.96. The van der Waals surface area contributed by atoms with Crippen LogP contribution in [-0.2, 0) is 0 Å². The second-order valence-corrected chi connectivity index (χ2v) is 5.23. The molecule has 21 heavy (non-hydrogen) atoms. The molecule has 0 aliphatic carbocycles. The van der Waals surface area contributed by atoms with Crippen LogP contribution in [0.15, 0.2) is 36.5 Å². The van der Waals surface area contributed by atoms with Gasteiger partial charge in [0.05, 0.1) is 5.52 Å². The summed E-state index contributed by atoms with van der Waals surface area (Å²) in [6, 6.07) is 8.15. The predicted octanol–water partition coefficient (Wildman–Crippen LogP) is 3.63. The van der Waals surface area contributed by atoms with E-state index in [1.54, 1.807) is 30.5 Å². The molecule has 0 saturated carbocycles. The van der Waals surface area contributed by atoms with Crippen LogP contribution in [0.1, 0.15) is 10.4 Å². The second kappa shape index (κ2) is 6.43. The summed E-state index contributed by atoms with van der Waals surface area (Å²) in [5.41, 5.74) is 0.914. The first-order valence-corrected chi connectivity index (χ1v) is 7.29. The molecule has 0 atom stereocenters. The lowest BCUT2D eigenvalue weighted by molar-refractivity contribution is -0.140.